The van der Waals surface area contributed by atoms with Crippen LogP contribution < -0.4 is 5.73 Å². The van der Waals surface area contributed by atoms with Gasteiger partial charge in [-0.1, -0.05) is 6.58 Å². The zero-order chi connectivity index (χ0) is 21.6. The Kier molecular flexibility index (Phi) is 5.99. The van der Waals surface area contributed by atoms with E-state index in [0.717, 1.165) is 0 Å². The molecule has 2 N–H and O–H groups in total. The Bertz CT molecular complexity index is 570. The highest BCUT2D eigenvalue weighted by atomic mass is 19.4. The molecule has 0 aliphatic carbocycles. The lowest BCUT2D eigenvalue weighted by Gasteiger charge is -2.38. The number of nitrogens with two attached hydrogens (primary N) is 1. The zero-order valence-electron chi connectivity index (χ0n) is 11.4. The van der Waals surface area contributed by atoms with Crippen molar-refractivity contribution in [1.82, 2.24) is 0 Å². The Morgan fingerprint density at radius 2 is 1.15 bits per heavy atom. The van der Waals surface area contributed by atoms with Gasteiger partial charge in [0, 0.05) is 0 Å². The van der Waals surface area contributed by atoms with Gasteiger partial charge in [0.15, 0.2) is 5.83 Å². The van der Waals surface area contributed by atoms with Crippen molar-refractivity contribution in [3.05, 3.63) is 12.4 Å². The minimum atomic E-state index is -7.38. The van der Waals surface area contributed by atoms with Gasteiger partial charge in [0.2, 0.25) is 0 Å². The van der Waals surface area contributed by atoms with E-state index in [2.05, 4.69) is 5.73 Å². The fourth-order valence-corrected chi connectivity index (χ4v) is 1.00. The molecule has 0 aliphatic rings. The van der Waals surface area contributed by atoms with E-state index in [1.165, 1.54) is 0 Å². The van der Waals surface area contributed by atoms with Crippen LogP contribution in [0.15, 0.2) is 12.4 Å². The number of alkyl halides is 12. The maximum absolute atomic E-state index is 13.5. The van der Waals surface area contributed by atoms with Crippen molar-refractivity contribution in [2.45, 2.75) is 36.3 Å². The molecule has 0 radical (unpaired) electrons. The van der Waals surface area contributed by atoms with Crippen LogP contribution in [0.25, 0.3) is 0 Å². The monoisotopic (exact) mass is 421 g/mol. The van der Waals surface area contributed by atoms with Crippen molar-refractivity contribution >= 4 is 5.91 Å². The van der Waals surface area contributed by atoms with Crippen LogP contribution in [0.2, 0.25) is 0 Å². The predicted molar refractivity (Wildman–Crippen MR) is 51.3 cm³/mol. The van der Waals surface area contributed by atoms with E-state index in [4.69, 9.17) is 0 Å². The summed E-state index contributed by atoms with van der Waals surface area (Å²) in [6, 6.07) is 0. The van der Waals surface area contributed by atoms with Gasteiger partial charge in [-0.25, -0.2) is 4.39 Å². The van der Waals surface area contributed by atoms with Crippen molar-refractivity contribution in [3.8, 4) is 0 Å². The summed E-state index contributed by atoms with van der Waals surface area (Å²) in [4.78, 5) is 10.3. The molecule has 0 rings (SSSR count). The smallest absolute Gasteiger partial charge is 0.364 e. The fourth-order valence-electron chi connectivity index (χ4n) is 1.00. The number of ether oxygens (including phenoxy) is 2. The van der Waals surface area contributed by atoms with E-state index in [-0.39, 0.29) is 0 Å². The molecule has 154 valence electrons. The molecule has 0 saturated carbocycles. The van der Waals surface area contributed by atoms with Gasteiger partial charge >= 0.3 is 36.3 Å². The highest BCUT2D eigenvalue weighted by molar-refractivity contribution is 5.82. The van der Waals surface area contributed by atoms with Gasteiger partial charge in [0.05, 0.1) is 0 Å². The molecular weight excluding hydrogens is 417 g/mol. The van der Waals surface area contributed by atoms with Crippen molar-refractivity contribution in [3.63, 3.8) is 0 Å². The molecule has 17 heteroatoms. The third kappa shape index (κ3) is 4.13. The van der Waals surface area contributed by atoms with Crippen LogP contribution >= 0.6 is 0 Å². The summed E-state index contributed by atoms with van der Waals surface area (Å²) in [5.41, 5.74) is 3.73. The Morgan fingerprint density at radius 3 is 1.38 bits per heavy atom. The van der Waals surface area contributed by atoms with Gasteiger partial charge in [0.1, 0.15) is 0 Å². The summed E-state index contributed by atoms with van der Waals surface area (Å²) in [7, 11) is 0. The third-order valence-corrected chi connectivity index (χ3v) is 2.27. The molecule has 2 atom stereocenters. The molecular formula is C9H4F13NO3. The van der Waals surface area contributed by atoms with Crippen molar-refractivity contribution in [1.29, 1.82) is 0 Å². The summed E-state index contributed by atoms with van der Waals surface area (Å²) in [6.45, 7) is 1.63. The minimum absolute atomic E-state index is 1.63. The number of hydrogen-bond acceptors (Lipinski definition) is 3. The number of rotatable bonds is 7. The summed E-state index contributed by atoms with van der Waals surface area (Å²) >= 11 is 0. The number of halogens is 13. The predicted octanol–water partition coefficient (Wildman–Crippen LogP) is 3.63. The first-order chi connectivity index (χ1) is 11.1. The standard InChI is InChI=1S/C9H4F13NO3/c1-2(10)5(12,13)26-6(14,8(18,19)20)9(21,22)25-4(11,3(23)24)7(15,16)17/h1H2,(H2,23,24). The average molecular weight is 421 g/mol. The molecule has 0 aromatic rings. The molecule has 4 nitrogen and oxygen atoms in total. The number of carbonyl (C=O) groups is 1. The second-order valence-electron chi connectivity index (χ2n) is 4.19. The molecule has 0 aliphatic heterocycles. The largest absolute Gasteiger partial charge is 0.458 e. The minimum Gasteiger partial charge on any atom is -0.364 e. The molecule has 0 fully saturated rings. The lowest BCUT2D eigenvalue weighted by molar-refractivity contribution is -0.521. The Morgan fingerprint density at radius 1 is 0.769 bits per heavy atom. The first kappa shape index (κ1) is 24.2. The molecule has 2 unspecified atom stereocenters. The zero-order valence-corrected chi connectivity index (χ0v) is 11.4. The first-order valence-corrected chi connectivity index (χ1v) is 5.37. The van der Waals surface area contributed by atoms with Gasteiger partial charge in [0.25, 0.3) is 5.91 Å². The molecule has 0 bridgehead atoms. The molecule has 0 spiro atoms. The Labute approximate surface area is 133 Å². The van der Waals surface area contributed by atoms with E-state index < -0.39 is 48.0 Å². The summed E-state index contributed by atoms with van der Waals surface area (Å²) in [6.07, 6.45) is -27.8. The Hall–Kier alpha value is -1.78. The molecule has 0 aromatic carbocycles. The number of amides is 1. The SMILES string of the molecule is C=C(F)C(F)(F)OC(F)(C(F)(F)F)C(F)(F)OC(F)(C(N)=O)C(F)(F)F. The molecule has 0 aromatic heterocycles. The van der Waals surface area contributed by atoms with Gasteiger partial charge in [-0.3, -0.25) is 14.3 Å². The van der Waals surface area contributed by atoms with Crippen LogP contribution in [0.1, 0.15) is 0 Å². The molecule has 26 heavy (non-hydrogen) atoms. The quantitative estimate of drug-likeness (QED) is 0.639. The van der Waals surface area contributed by atoms with Gasteiger partial charge < -0.3 is 5.73 Å². The van der Waals surface area contributed by atoms with Crippen molar-refractivity contribution in [2.75, 3.05) is 0 Å². The number of hydrogen-bond donors (Lipinski definition) is 1. The van der Waals surface area contributed by atoms with E-state index >= 15 is 0 Å². The molecule has 0 heterocycles. The van der Waals surface area contributed by atoms with Crippen LogP contribution in [0.3, 0.4) is 0 Å². The first-order valence-electron chi connectivity index (χ1n) is 5.37. The van der Waals surface area contributed by atoms with Crippen LogP contribution in [0, 0.1) is 0 Å². The van der Waals surface area contributed by atoms with Crippen molar-refractivity contribution in [2.24, 2.45) is 5.73 Å². The topological polar surface area (TPSA) is 61.6 Å². The fraction of sp³-hybridized carbons (Fsp3) is 0.667. The lowest BCUT2D eigenvalue weighted by atomic mass is 10.2. The molecule has 0 saturated heterocycles. The van der Waals surface area contributed by atoms with Crippen LogP contribution in [0.4, 0.5) is 57.1 Å². The van der Waals surface area contributed by atoms with Crippen LogP contribution in [0.5, 0.6) is 0 Å². The van der Waals surface area contributed by atoms with Crippen LogP contribution in [-0.2, 0) is 14.3 Å². The number of primary amides is 1. The highest BCUT2D eigenvalue weighted by Gasteiger charge is 2.81. The molecule has 1 amide bonds. The second kappa shape index (κ2) is 6.43. The Balaban J connectivity index is 6.35. The summed E-state index contributed by atoms with van der Waals surface area (Å²) < 4.78 is 169. The number of carbonyl (C=O) groups excluding carboxylic acids is 1. The maximum Gasteiger partial charge on any atom is 0.458 e. The van der Waals surface area contributed by atoms with Gasteiger partial charge in [-0.15, -0.1) is 0 Å². The second-order valence-corrected chi connectivity index (χ2v) is 4.19. The maximum atomic E-state index is 13.5. The average Bonchev–Trinajstić information content (AvgIpc) is 2.33. The highest BCUT2D eigenvalue weighted by Crippen LogP contribution is 2.53. The van der Waals surface area contributed by atoms with Gasteiger partial charge in [-0.2, -0.15) is 52.7 Å². The summed E-state index contributed by atoms with van der Waals surface area (Å²) in [5.74, 6) is -20.6. The van der Waals surface area contributed by atoms with Crippen molar-refractivity contribution < 1.29 is 71.3 Å². The normalized spacial score (nSPS) is 18.8. The van der Waals surface area contributed by atoms with Crippen LogP contribution in [-0.4, -0.2) is 42.2 Å². The van der Waals surface area contributed by atoms with E-state index in [1.807, 2.05) is 9.47 Å². The van der Waals surface area contributed by atoms with E-state index in [0.29, 0.717) is 0 Å². The third-order valence-electron chi connectivity index (χ3n) is 2.27. The van der Waals surface area contributed by atoms with Gasteiger partial charge in [-0.05, 0) is 0 Å². The van der Waals surface area contributed by atoms with E-state index in [1.54, 1.807) is 6.58 Å². The summed E-state index contributed by atoms with van der Waals surface area (Å²) in [5, 5.41) is 0. The lowest BCUT2D eigenvalue weighted by Crippen LogP contribution is -2.66. The van der Waals surface area contributed by atoms with E-state index in [9.17, 15) is 61.9 Å².